The van der Waals surface area contributed by atoms with Crippen molar-refractivity contribution in [3.8, 4) is 0 Å². The Labute approximate surface area is 98.7 Å². The quantitative estimate of drug-likeness (QED) is 0.685. The first-order valence-electron chi connectivity index (χ1n) is 6.76. The molecule has 1 heterocycles. The van der Waals surface area contributed by atoms with Crippen molar-refractivity contribution >= 4 is 5.97 Å². The van der Waals surface area contributed by atoms with Gasteiger partial charge in [0.15, 0.2) is 0 Å². The molecule has 2 nitrogen and oxygen atoms in total. The van der Waals surface area contributed by atoms with Crippen molar-refractivity contribution in [1.29, 1.82) is 0 Å². The summed E-state index contributed by atoms with van der Waals surface area (Å²) in [4.78, 5) is 11.5. The van der Waals surface area contributed by atoms with Crippen LogP contribution >= 0.6 is 0 Å². The van der Waals surface area contributed by atoms with Crippen molar-refractivity contribution in [2.45, 2.75) is 65.4 Å². The predicted octanol–water partition coefficient (Wildman–Crippen LogP) is 3.54. The maximum atomic E-state index is 11.5. The molecule has 4 atom stereocenters. The molecular formula is C14H24O2. The van der Waals surface area contributed by atoms with Crippen LogP contribution in [-0.4, -0.2) is 12.1 Å². The number of carbonyl (C=O) groups is 1. The molecule has 92 valence electrons. The fraction of sp³-hybridized carbons (Fsp3) is 0.929. The number of fused-ring (bicyclic) bond motifs is 1. The van der Waals surface area contributed by atoms with Crippen LogP contribution in [0.5, 0.6) is 0 Å². The minimum absolute atomic E-state index is 0.0368. The lowest BCUT2D eigenvalue weighted by atomic mass is 9.66. The Morgan fingerprint density at radius 1 is 1.50 bits per heavy atom. The van der Waals surface area contributed by atoms with Crippen molar-refractivity contribution in [3.05, 3.63) is 0 Å². The van der Waals surface area contributed by atoms with Gasteiger partial charge in [-0.25, -0.2) is 0 Å². The van der Waals surface area contributed by atoms with Gasteiger partial charge in [-0.2, -0.15) is 0 Å². The normalized spacial score (nSPS) is 42.9. The van der Waals surface area contributed by atoms with E-state index in [-0.39, 0.29) is 18.0 Å². The molecule has 0 radical (unpaired) electrons. The van der Waals surface area contributed by atoms with Crippen LogP contribution in [0, 0.1) is 17.3 Å². The summed E-state index contributed by atoms with van der Waals surface area (Å²) in [7, 11) is 0. The highest BCUT2D eigenvalue weighted by molar-refractivity contribution is 5.74. The van der Waals surface area contributed by atoms with Crippen LogP contribution in [0.1, 0.15) is 59.3 Å². The Morgan fingerprint density at radius 3 is 2.94 bits per heavy atom. The van der Waals surface area contributed by atoms with E-state index in [1.165, 1.54) is 32.1 Å². The number of carbonyl (C=O) groups excluding carboxylic acids is 1. The molecule has 0 spiro atoms. The Kier molecular flexibility index (Phi) is 3.27. The lowest BCUT2D eigenvalue weighted by Gasteiger charge is -2.39. The summed E-state index contributed by atoms with van der Waals surface area (Å²) in [5.74, 6) is 0.678. The lowest BCUT2D eigenvalue weighted by molar-refractivity contribution is -0.145. The summed E-state index contributed by atoms with van der Waals surface area (Å²) in [6.45, 7) is 6.64. The van der Waals surface area contributed by atoms with Gasteiger partial charge in [0.05, 0.1) is 5.92 Å². The average molecular weight is 224 g/mol. The number of unbranched alkanes of at least 4 members (excludes halogenated alkanes) is 1. The van der Waals surface area contributed by atoms with Gasteiger partial charge in [-0.15, -0.1) is 0 Å². The Morgan fingerprint density at radius 2 is 2.25 bits per heavy atom. The topological polar surface area (TPSA) is 26.3 Å². The molecule has 1 saturated carbocycles. The molecule has 0 bridgehead atoms. The summed E-state index contributed by atoms with van der Waals surface area (Å²) in [5.41, 5.74) is 0.418. The van der Waals surface area contributed by atoms with E-state index in [9.17, 15) is 4.79 Å². The first-order valence-corrected chi connectivity index (χ1v) is 6.76. The van der Waals surface area contributed by atoms with E-state index in [4.69, 9.17) is 4.74 Å². The number of rotatable bonds is 3. The Balaban J connectivity index is 1.98. The van der Waals surface area contributed by atoms with E-state index in [2.05, 4.69) is 13.8 Å². The molecular weight excluding hydrogens is 200 g/mol. The predicted molar refractivity (Wildman–Crippen MR) is 64.0 cm³/mol. The summed E-state index contributed by atoms with van der Waals surface area (Å²) >= 11 is 0. The van der Waals surface area contributed by atoms with Crippen molar-refractivity contribution in [3.63, 3.8) is 0 Å². The second-order valence-corrected chi connectivity index (χ2v) is 6.08. The van der Waals surface area contributed by atoms with E-state index in [0.717, 1.165) is 6.42 Å². The molecule has 1 aliphatic heterocycles. The van der Waals surface area contributed by atoms with Crippen LogP contribution in [0.25, 0.3) is 0 Å². The van der Waals surface area contributed by atoms with E-state index in [1.54, 1.807) is 0 Å². The number of hydrogen-bond acceptors (Lipinski definition) is 2. The molecule has 2 aliphatic rings. The van der Waals surface area contributed by atoms with Crippen molar-refractivity contribution in [2.24, 2.45) is 17.3 Å². The SMILES string of the molecule is CCCC[C@]1(C)CC[C@H]2[C@H](C1)OC(=O)[C@H]2C. The van der Waals surface area contributed by atoms with Gasteiger partial charge >= 0.3 is 5.97 Å². The molecule has 2 heteroatoms. The molecule has 0 amide bonds. The van der Waals surface area contributed by atoms with Crippen LogP contribution in [0.2, 0.25) is 0 Å². The highest BCUT2D eigenvalue weighted by atomic mass is 16.6. The van der Waals surface area contributed by atoms with Gasteiger partial charge < -0.3 is 4.74 Å². The second kappa shape index (κ2) is 4.38. The fourth-order valence-electron chi connectivity index (χ4n) is 3.40. The molecule has 0 unspecified atom stereocenters. The largest absolute Gasteiger partial charge is 0.462 e. The average Bonchev–Trinajstić information content (AvgIpc) is 2.51. The third-order valence-electron chi connectivity index (χ3n) is 4.67. The number of esters is 1. The molecule has 2 rings (SSSR count). The molecule has 1 saturated heterocycles. The smallest absolute Gasteiger partial charge is 0.309 e. The van der Waals surface area contributed by atoms with Crippen molar-refractivity contribution < 1.29 is 9.53 Å². The summed E-state index contributed by atoms with van der Waals surface area (Å²) in [6, 6.07) is 0. The van der Waals surface area contributed by atoms with Gasteiger partial charge in [0.1, 0.15) is 6.10 Å². The molecule has 16 heavy (non-hydrogen) atoms. The summed E-state index contributed by atoms with van der Waals surface area (Å²) in [5, 5.41) is 0. The highest BCUT2D eigenvalue weighted by Gasteiger charge is 2.48. The van der Waals surface area contributed by atoms with Crippen LogP contribution in [-0.2, 0) is 9.53 Å². The third kappa shape index (κ3) is 2.11. The van der Waals surface area contributed by atoms with E-state index < -0.39 is 0 Å². The zero-order valence-corrected chi connectivity index (χ0v) is 10.8. The van der Waals surface area contributed by atoms with Gasteiger partial charge in [0, 0.05) is 5.92 Å². The second-order valence-electron chi connectivity index (χ2n) is 6.08. The molecule has 0 aromatic rings. The van der Waals surface area contributed by atoms with Crippen LogP contribution in [0.3, 0.4) is 0 Å². The monoisotopic (exact) mass is 224 g/mol. The van der Waals surface area contributed by atoms with Gasteiger partial charge in [-0.1, -0.05) is 33.6 Å². The van der Waals surface area contributed by atoms with E-state index in [1.807, 2.05) is 6.92 Å². The maximum Gasteiger partial charge on any atom is 0.309 e. The van der Waals surface area contributed by atoms with E-state index in [0.29, 0.717) is 11.3 Å². The first kappa shape index (κ1) is 11.9. The number of ether oxygens (including phenoxy) is 1. The lowest BCUT2D eigenvalue weighted by Crippen LogP contribution is -2.34. The van der Waals surface area contributed by atoms with Crippen molar-refractivity contribution in [1.82, 2.24) is 0 Å². The van der Waals surface area contributed by atoms with Crippen molar-refractivity contribution in [2.75, 3.05) is 0 Å². The Bertz CT molecular complexity index is 274. The standard InChI is InChI=1S/C14H24O2/c1-4-5-7-14(3)8-6-11-10(2)13(15)16-12(11)9-14/h10-12H,4-9H2,1-3H3/t10-,11+,12-,14+/m0/s1. The molecule has 2 fully saturated rings. The number of hydrogen-bond donors (Lipinski definition) is 0. The summed E-state index contributed by atoms with van der Waals surface area (Å²) in [6.07, 6.45) is 7.62. The Hall–Kier alpha value is -0.530. The molecule has 0 aromatic heterocycles. The van der Waals surface area contributed by atoms with Gasteiger partial charge in [0.25, 0.3) is 0 Å². The van der Waals surface area contributed by atoms with Crippen LogP contribution in [0.15, 0.2) is 0 Å². The maximum absolute atomic E-state index is 11.5. The molecule has 0 N–H and O–H groups in total. The van der Waals surface area contributed by atoms with E-state index >= 15 is 0 Å². The zero-order valence-electron chi connectivity index (χ0n) is 10.8. The minimum atomic E-state index is 0.0368. The first-order chi connectivity index (χ1) is 7.56. The third-order valence-corrected chi connectivity index (χ3v) is 4.67. The minimum Gasteiger partial charge on any atom is -0.462 e. The van der Waals surface area contributed by atoms with Crippen LogP contribution < -0.4 is 0 Å². The highest BCUT2D eigenvalue weighted by Crippen LogP contribution is 2.48. The molecule has 0 aromatic carbocycles. The fourth-order valence-corrected chi connectivity index (χ4v) is 3.40. The van der Waals surface area contributed by atoms with Crippen LogP contribution in [0.4, 0.5) is 0 Å². The summed E-state index contributed by atoms with van der Waals surface area (Å²) < 4.78 is 5.51. The van der Waals surface area contributed by atoms with Gasteiger partial charge in [0.2, 0.25) is 0 Å². The van der Waals surface area contributed by atoms with Gasteiger partial charge in [-0.3, -0.25) is 4.79 Å². The zero-order chi connectivity index (χ0) is 11.8. The van der Waals surface area contributed by atoms with Gasteiger partial charge in [-0.05, 0) is 31.1 Å². The molecule has 1 aliphatic carbocycles.